The van der Waals surface area contributed by atoms with Crippen LogP contribution in [0.1, 0.15) is 43.4 Å². The topological polar surface area (TPSA) is 65.1 Å². The van der Waals surface area contributed by atoms with Crippen molar-refractivity contribution in [3.8, 4) is 0 Å². The number of alkyl halides is 3. The number of amides is 2. The summed E-state index contributed by atoms with van der Waals surface area (Å²) in [7, 11) is 0. The van der Waals surface area contributed by atoms with Crippen LogP contribution in [-0.4, -0.2) is 38.2 Å². The zero-order valence-corrected chi connectivity index (χ0v) is 14.7. The van der Waals surface area contributed by atoms with E-state index in [0.717, 1.165) is 49.9 Å². The second kappa shape index (κ2) is 6.54. The number of pyridine rings is 1. The van der Waals surface area contributed by atoms with Gasteiger partial charge in [0.1, 0.15) is 5.69 Å². The number of nitrogens with zero attached hydrogens (tertiary/aromatic N) is 4. The largest absolute Gasteiger partial charge is 0.433 e. The number of carbonyl (C=O) groups is 1. The predicted octanol–water partition coefficient (Wildman–Crippen LogP) is 3.97. The molecule has 1 aliphatic carbocycles. The fourth-order valence-electron chi connectivity index (χ4n) is 4.13. The number of H-pyrrole nitrogens is 1. The molecule has 0 radical (unpaired) electrons. The van der Waals surface area contributed by atoms with Crippen molar-refractivity contribution in [2.45, 2.75) is 50.4 Å². The number of aromatic nitrogens is 3. The summed E-state index contributed by atoms with van der Waals surface area (Å²) in [4.78, 5) is 20.1. The maximum absolute atomic E-state index is 13.2. The summed E-state index contributed by atoms with van der Waals surface area (Å²) in [6, 6.07) is 2.06. The van der Waals surface area contributed by atoms with Gasteiger partial charge < -0.3 is 4.90 Å². The molecule has 0 atom stereocenters. The number of rotatable bonds is 3. The van der Waals surface area contributed by atoms with Crippen molar-refractivity contribution in [3.05, 3.63) is 42.0 Å². The number of aromatic amines is 1. The zero-order valence-electron chi connectivity index (χ0n) is 14.7. The van der Waals surface area contributed by atoms with E-state index in [1.165, 1.54) is 6.07 Å². The van der Waals surface area contributed by atoms with Crippen LogP contribution in [0.2, 0.25) is 0 Å². The quantitative estimate of drug-likeness (QED) is 0.878. The SMILES string of the molecule is O=C1N(c2ccc(C(F)(F)F)nc2)CC2(CCCCC2)N1Cc1cn[nH]c1. The predicted molar refractivity (Wildman–Crippen MR) is 91.9 cm³/mol. The molecule has 2 aliphatic rings. The molecule has 1 N–H and O–H groups in total. The molecular formula is C18H20F3N5O. The highest BCUT2D eigenvalue weighted by Gasteiger charge is 2.50. The molecule has 1 saturated carbocycles. The molecule has 0 unspecified atom stereocenters. The maximum Gasteiger partial charge on any atom is 0.433 e. The molecule has 2 aromatic heterocycles. The normalized spacial score (nSPS) is 19.9. The third-order valence-corrected chi connectivity index (χ3v) is 5.52. The fraction of sp³-hybridized carbons (Fsp3) is 0.500. The summed E-state index contributed by atoms with van der Waals surface area (Å²) in [5.41, 5.74) is 0.0452. The summed E-state index contributed by atoms with van der Waals surface area (Å²) in [6.45, 7) is 0.899. The average Bonchev–Trinajstić information content (AvgIpc) is 3.25. The highest BCUT2D eigenvalue weighted by molar-refractivity contribution is 5.95. The van der Waals surface area contributed by atoms with Gasteiger partial charge in [-0.15, -0.1) is 0 Å². The van der Waals surface area contributed by atoms with E-state index in [4.69, 9.17) is 0 Å². The Hall–Kier alpha value is -2.58. The van der Waals surface area contributed by atoms with E-state index in [0.29, 0.717) is 18.8 Å². The van der Waals surface area contributed by atoms with Crippen molar-refractivity contribution in [1.82, 2.24) is 20.1 Å². The van der Waals surface area contributed by atoms with Gasteiger partial charge >= 0.3 is 12.2 Å². The van der Waals surface area contributed by atoms with E-state index < -0.39 is 11.9 Å². The molecular weight excluding hydrogens is 359 g/mol. The first-order valence-corrected chi connectivity index (χ1v) is 8.99. The summed E-state index contributed by atoms with van der Waals surface area (Å²) in [6.07, 6.45) is 5.07. The number of anilines is 1. The molecule has 9 heteroatoms. The Kier molecular flexibility index (Phi) is 4.32. The molecule has 4 rings (SSSR count). The van der Waals surface area contributed by atoms with Gasteiger partial charge in [0.2, 0.25) is 0 Å². The molecule has 2 fully saturated rings. The Bertz CT molecular complexity index is 797. The second-order valence-corrected chi connectivity index (χ2v) is 7.25. The van der Waals surface area contributed by atoms with Crippen LogP contribution in [-0.2, 0) is 12.7 Å². The molecule has 2 amide bonds. The number of hydrogen-bond acceptors (Lipinski definition) is 3. The summed E-state index contributed by atoms with van der Waals surface area (Å²) in [5, 5.41) is 6.69. The Labute approximate surface area is 154 Å². The van der Waals surface area contributed by atoms with Gasteiger partial charge in [-0.2, -0.15) is 18.3 Å². The van der Waals surface area contributed by atoms with Crippen molar-refractivity contribution in [1.29, 1.82) is 0 Å². The van der Waals surface area contributed by atoms with Crippen LogP contribution in [0.4, 0.5) is 23.7 Å². The van der Waals surface area contributed by atoms with E-state index in [1.807, 2.05) is 4.90 Å². The van der Waals surface area contributed by atoms with E-state index >= 15 is 0 Å². The average molecular weight is 379 g/mol. The third kappa shape index (κ3) is 3.26. The van der Waals surface area contributed by atoms with Crippen molar-refractivity contribution in [3.63, 3.8) is 0 Å². The maximum atomic E-state index is 13.2. The number of carbonyl (C=O) groups excluding carboxylic acids is 1. The minimum absolute atomic E-state index is 0.195. The highest BCUT2D eigenvalue weighted by atomic mass is 19.4. The van der Waals surface area contributed by atoms with Crippen LogP contribution >= 0.6 is 0 Å². The minimum Gasteiger partial charge on any atom is -0.312 e. The van der Waals surface area contributed by atoms with Gasteiger partial charge in [0.05, 0.1) is 36.7 Å². The van der Waals surface area contributed by atoms with E-state index in [1.54, 1.807) is 17.3 Å². The summed E-state index contributed by atoms with van der Waals surface area (Å²) >= 11 is 0. The van der Waals surface area contributed by atoms with Gasteiger partial charge in [-0.3, -0.25) is 10.00 Å². The second-order valence-electron chi connectivity index (χ2n) is 7.25. The molecule has 0 aromatic carbocycles. The molecule has 144 valence electrons. The fourth-order valence-corrected chi connectivity index (χ4v) is 4.13. The molecule has 1 aliphatic heterocycles. The van der Waals surface area contributed by atoms with Gasteiger partial charge in [-0.05, 0) is 25.0 Å². The minimum atomic E-state index is -4.49. The van der Waals surface area contributed by atoms with E-state index in [-0.39, 0.29) is 11.6 Å². The van der Waals surface area contributed by atoms with Crippen LogP contribution in [0.3, 0.4) is 0 Å². The monoisotopic (exact) mass is 379 g/mol. The number of urea groups is 1. The lowest BCUT2D eigenvalue weighted by molar-refractivity contribution is -0.141. The summed E-state index contributed by atoms with van der Waals surface area (Å²) in [5.74, 6) is 0. The van der Waals surface area contributed by atoms with Crippen LogP contribution in [0.15, 0.2) is 30.7 Å². The van der Waals surface area contributed by atoms with Crippen LogP contribution in [0, 0.1) is 0 Å². The van der Waals surface area contributed by atoms with Crippen LogP contribution < -0.4 is 4.90 Å². The Balaban J connectivity index is 1.63. The third-order valence-electron chi connectivity index (χ3n) is 5.52. The standard InChI is InChI=1S/C18H20F3N5O/c19-18(20,21)15-5-4-14(10-22-15)25-12-17(6-2-1-3-7-17)26(16(25)27)11-13-8-23-24-9-13/h4-5,8-10H,1-3,6-7,11-12H2,(H,23,24). The molecule has 0 bridgehead atoms. The van der Waals surface area contributed by atoms with Gasteiger partial charge in [0.25, 0.3) is 0 Å². The van der Waals surface area contributed by atoms with Crippen molar-refractivity contribution in [2.75, 3.05) is 11.4 Å². The van der Waals surface area contributed by atoms with Crippen LogP contribution in [0.25, 0.3) is 0 Å². The molecule has 2 aromatic rings. The zero-order chi connectivity index (χ0) is 19.1. The molecule has 1 spiro atoms. The lowest BCUT2D eigenvalue weighted by Gasteiger charge is -2.39. The van der Waals surface area contributed by atoms with Gasteiger partial charge in [0, 0.05) is 11.8 Å². The molecule has 6 nitrogen and oxygen atoms in total. The first kappa shape index (κ1) is 17.8. The van der Waals surface area contributed by atoms with Gasteiger partial charge in [0.15, 0.2) is 0 Å². The Morgan fingerprint density at radius 3 is 2.52 bits per heavy atom. The van der Waals surface area contributed by atoms with Crippen LogP contribution in [0.5, 0.6) is 0 Å². The lowest BCUT2D eigenvalue weighted by atomic mass is 9.81. The molecule has 1 saturated heterocycles. The van der Waals surface area contributed by atoms with E-state index in [9.17, 15) is 18.0 Å². The molecule has 27 heavy (non-hydrogen) atoms. The van der Waals surface area contributed by atoms with Crippen molar-refractivity contribution < 1.29 is 18.0 Å². The number of nitrogens with one attached hydrogen (secondary N) is 1. The van der Waals surface area contributed by atoms with Gasteiger partial charge in [-0.1, -0.05) is 19.3 Å². The molecule has 3 heterocycles. The van der Waals surface area contributed by atoms with Gasteiger partial charge in [-0.25, -0.2) is 9.78 Å². The first-order valence-electron chi connectivity index (χ1n) is 8.99. The Morgan fingerprint density at radius 2 is 1.93 bits per heavy atom. The van der Waals surface area contributed by atoms with Crippen molar-refractivity contribution in [2.24, 2.45) is 0 Å². The number of halogens is 3. The smallest absolute Gasteiger partial charge is 0.312 e. The first-order chi connectivity index (χ1) is 12.9. The Morgan fingerprint density at radius 1 is 1.15 bits per heavy atom. The number of hydrogen-bond donors (Lipinski definition) is 1. The lowest BCUT2D eigenvalue weighted by Crippen LogP contribution is -2.47. The summed E-state index contributed by atoms with van der Waals surface area (Å²) < 4.78 is 38.3. The van der Waals surface area contributed by atoms with E-state index in [2.05, 4.69) is 15.2 Å². The van der Waals surface area contributed by atoms with Crippen molar-refractivity contribution >= 4 is 11.7 Å². The highest BCUT2D eigenvalue weighted by Crippen LogP contribution is 2.42.